The van der Waals surface area contributed by atoms with Gasteiger partial charge in [-0.15, -0.1) is 0 Å². The molecule has 1 aromatic rings. The largest absolute Gasteiger partial charge is 0.477 e. The number of pyridine rings is 1. The van der Waals surface area contributed by atoms with E-state index in [0.717, 1.165) is 0 Å². The van der Waals surface area contributed by atoms with E-state index in [2.05, 4.69) is 10.3 Å². The van der Waals surface area contributed by atoms with E-state index in [1.165, 1.54) is 19.0 Å². The van der Waals surface area contributed by atoms with Gasteiger partial charge >= 0.3 is 0 Å². The maximum atomic E-state index is 11.5. The third-order valence-corrected chi connectivity index (χ3v) is 2.56. The first-order valence-electron chi connectivity index (χ1n) is 5.77. The highest BCUT2D eigenvalue weighted by Crippen LogP contribution is 2.29. The monoisotopic (exact) mass is 236 g/mol. The maximum Gasteiger partial charge on any atom is 0.252 e. The fourth-order valence-electron chi connectivity index (χ4n) is 1.36. The smallest absolute Gasteiger partial charge is 0.252 e. The average molecular weight is 236 g/mol. The molecule has 0 unspecified atom stereocenters. The van der Waals surface area contributed by atoms with Gasteiger partial charge in [-0.05, 0) is 24.8 Å². The molecule has 1 aromatic heterocycles. The van der Waals surface area contributed by atoms with Gasteiger partial charge in [-0.2, -0.15) is 0 Å². The van der Waals surface area contributed by atoms with Gasteiger partial charge in [0.2, 0.25) is 5.88 Å². The summed E-state index contributed by atoms with van der Waals surface area (Å²) in [5.41, 5.74) is 0.470. The second-order valence-corrected chi connectivity index (χ2v) is 4.12. The molecule has 5 heteroatoms. The van der Waals surface area contributed by atoms with Crippen LogP contribution in [0.15, 0.2) is 18.3 Å². The average Bonchev–Trinajstić information content (AvgIpc) is 3.18. The van der Waals surface area contributed by atoms with E-state index in [1.807, 2.05) is 0 Å². The fourth-order valence-corrected chi connectivity index (χ4v) is 1.36. The van der Waals surface area contributed by atoms with Crippen molar-refractivity contribution in [2.45, 2.75) is 12.8 Å². The molecule has 0 saturated heterocycles. The number of aliphatic hydroxyl groups is 1. The molecule has 17 heavy (non-hydrogen) atoms. The van der Waals surface area contributed by atoms with Gasteiger partial charge in [-0.1, -0.05) is 0 Å². The molecule has 1 heterocycles. The van der Waals surface area contributed by atoms with E-state index in [-0.39, 0.29) is 19.1 Å². The molecule has 92 valence electrons. The molecule has 0 aromatic carbocycles. The van der Waals surface area contributed by atoms with Crippen molar-refractivity contribution in [1.29, 1.82) is 0 Å². The minimum atomic E-state index is -0.236. The van der Waals surface area contributed by atoms with E-state index >= 15 is 0 Å². The standard InChI is InChI=1S/C12H16N2O3/c15-6-5-13-12(16)10-3-4-11(14-7-10)17-8-9-1-2-9/h3-4,7,9,15H,1-2,5-6,8H2,(H,13,16). The van der Waals surface area contributed by atoms with Crippen molar-refractivity contribution in [3.05, 3.63) is 23.9 Å². The quantitative estimate of drug-likeness (QED) is 0.758. The van der Waals surface area contributed by atoms with E-state index in [0.29, 0.717) is 24.0 Å². The van der Waals surface area contributed by atoms with Crippen molar-refractivity contribution >= 4 is 5.91 Å². The number of hydrogen-bond acceptors (Lipinski definition) is 4. The predicted molar refractivity (Wildman–Crippen MR) is 61.9 cm³/mol. The minimum Gasteiger partial charge on any atom is -0.477 e. The van der Waals surface area contributed by atoms with E-state index in [1.54, 1.807) is 12.1 Å². The minimum absolute atomic E-state index is 0.0677. The zero-order valence-corrected chi connectivity index (χ0v) is 9.56. The summed E-state index contributed by atoms with van der Waals surface area (Å²) in [6.45, 7) is 0.892. The van der Waals surface area contributed by atoms with Crippen LogP contribution < -0.4 is 10.1 Å². The van der Waals surface area contributed by atoms with E-state index in [9.17, 15) is 4.79 Å². The van der Waals surface area contributed by atoms with Crippen molar-refractivity contribution < 1.29 is 14.6 Å². The molecule has 2 N–H and O–H groups in total. The number of aromatic nitrogens is 1. The van der Waals surface area contributed by atoms with Crippen LogP contribution in [-0.4, -0.2) is 35.8 Å². The van der Waals surface area contributed by atoms with Crippen LogP contribution in [0.2, 0.25) is 0 Å². The van der Waals surface area contributed by atoms with Crippen molar-refractivity contribution in [3.8, 4) is 5.88 Å². The number of nitrogens with zero attached hydrogens (tertiary/aromatic N) is 1. The Morgan fingerprint density at radius 2 is 2.35 bits per heavy atom. The first-order valence-corrected chi connectivity index (χ1v) is 5.77. The number of nitrogens with one attached hydrogen (secondary N) is 1. The molecule has 1 saturated carbocycles. The molecule has 1 amide bonds. The number of carbonyl (C=O) groups is 1. The molecule has 0 bridgehead atoms. The molecule has 1 aliphatic carbocycles. The summed E-state index contributed by atoms with van der Waals surface area (Å²) in [6, 6.07) is 3.36. The molecule has 0 spiro atoms. The van der Waals surface area contributed by atoms with Gasteiger partial charge < -0.3 is 15.2 Å². The Labute approximate surface area is 99.8 Å². The molecular formula is C12H16N2O3. The SMILES string of the molecule is O=C(NCCO)c1ccc(OCC2CC2)nc1. The predicted octanol–water partition coefficient (Wildman–Crippen LogP) is 0.592. The van der Waals surface area contributed by atoms with Crippen molar-refractivity contribution in [2.75, 3.05) is 19.8 Å². The van der Waals surface area contributed by atoms with Crippen LogP contribution in [0.1, 0.15) is 23.2 Å². The first-order chi connectivity index (χ1) is 8.29. The van der Waals surface area contributed by atoms with Gasteiger partial charge in [0.1, 0.15) is 0 Å². The highest BCUT2D eigenvalue weighted by Gasteiger charge is 2.22. The summed E-state index contributed by atoms with van der Waals surface area (Å²) >= 11 is 0. The summed E-state index contributed by atoms with van der Waals surface area (Å²) in [5.74, 6) is 1.00. The topological polar surface area (TPSA) is 71.5 Å². The number of amides is 1. The summed E-state index contributed by atoms with van der Waals surface area (Å²) in [4.78, 5) is 15.5. The molecule has 0 atom stereocenters. The Hall–Kier alpha value is -1.62. The van der Waals surface area contributed by atoms with Crippen LogP contribution in [0.25, 0.3) is 0 Å². The fraction of sp³-hybridized carbons (Fsp3) is 0.500. The summed E-state index contributed by atoms with van der Waals surface area (Å²) in [7, 11) is 0. The number of rotatable bonds is 6. The molecule has 1 aliphatic rings. The molecule has 5 nitrogen and oxygen atoms in total. The maximum absolute atomic E-state index is 11.5. The number of ether oxygens (including phenoxy) is 1. The number of carbonyl (C=O) groups excluding carboxylic acids is 1. The van der Waals surface area contributed by atoms with Crippen LogP contribution in [-0.2, 0) is 0 Å². The van der Waals surface area contributed by atoms with Crippen molar-refractivity contribution in [2.24, 2.45) is 5.92 Å². The highest BCUT2D eigenvalue weighted by atomic mass is 16.5. The zero-order valence-electron chi connectivity index (χ0n) is 9.56. The van der Waals surface area contributed by atoms with Crippen LogP contribution in [0.5, 0.6) is 5.88 Å². The van der Waals surface area contributed by atoms with Crippen LogP contribution in [0.4, 0.5) is 0 Å². The molecule has 0 radical (unpaired) electrons. The zero-order chi connectivity index (χ0) is 12.1. The Bertz CT molecular complexity index is 374. The Morgan fingerprint density at radius 1 is 1.53 bits per heavy atom. The number of hydrogen-bond donors (Lipinski definition) is 2. The van der Waals surface area contributed by atoms with Crippen LogP contribution in [0.3, 0.4) is 0 Å². The Morgan fingerprint density at radius 3 is 2.94 bits per heavy atom. The van der Waals surface area contributed by atoms with Crippen LogP contribution in [0, 0.1) is 5.92 Å². The van der Waals surface area contributed by atoms with Gasteiger partial charge in [-0.25, -0.2) is 4.98 Å². The lowest BCUT2D eigenvalue weighted by atomic mass is 10.2. The normalized spacial score (nSPS) is 14.4. The van der Waals surface area contributed by atoms with Crippen molar-refractivity contribution in [3.63, 3.8) is 0 Å². The molecular weight excluding hydrogens is 220 g/mol. The lowest BCUT2D eigenvalue weighted by Gasteiger charge is -2.05. The molecule has 1 fully saturated rings. The van der Waals surface area contributed by atoms with Gasteiger partial charge in [0.25, 0.3) is 5.91 Å². The molecule has 2 rings (SSSR count). The van der Waals surface area contributed by atoms with Gasteiger partial charge in [0.15, 0.2) is 0 Å². The Balaban J connectivity index is 1.85. The van der Waals surface area contributed by atoms with Crippen LogP contribution >= 0.6 is 0 Å². The summed E-state index contributed by atoms with van der Waals surface area (Å²) in [6.07, 6.45) is 3.96. The third-order valence-electron chi connectivity index (χ3n) is 2.56. The lowest BCUT2D eigenvalue weighted by Crippen LogP contribution is -2.26. The van der Waals surface area contributed by atoms with Crippen molar-refractivity contribution in [1.82, 2.24) is 10.3 Å². The highest BCUT2D eigenvalue weighted by molar-refractivity contribution is 5.93. The lowest BCUT2D eigenvalue weighted by molar-refractivity contribution is 0.0944. The van der Waals surface area contributed by atoms with E-state index in [4.69, 9.17) is 9.84 Å². The first kappa shape index (κ1) is 11.9. The Kier molecular flexibility index (Phi) is 3.93. The van der Waals surface area contributed by atoms with Gasteiger partial charge in [0, 0.05) is 18.8 Å². The van der Waals surface area contributed by atoms with Gasteiger partial charge in [0.05, 0.1) is 18.8 Å². The summed E-state index contributed by atoms with van der Waals surface area (Å²) in [5, 5.41) is 11.1. The van der Waals surface area contributed by atoms with E-state index < -0.39 is 0 Å². The second kappa shape index (κ2) is 5.63. The third kappa shape index (κ3) is 3.71. The second-order valence-electron chi connectivity index (χ2n) is 4.12. The van der Waals surface area contributed by atoms with Gasteiger partial charge in [-0.3, -0.25) is 4.79 Å². The molecule has 0 aliphatic heterocycles. The number of aliphatic hydroxyl groups excluding tert-OH is 1. The summed E-state index contributed by atoms with van der Waals surface area (Å²) < 4.78 is 5.46.